The molecule has 1 aliphatic heterocycles. The second-order valence-corrected chi connectivity index (χ2v) is 7.09. The lowest BCUT2D eigenvalue weighted by Gasteiger charge is -2.36. The van der Waals surface area contributed by atoms with Gasteiger partial charge in [-0.1, -0.05) is 23.2 Å². The van der Waals surface area contributed by atoms with Crippen LogP contribution in [-0.2, 0) is 0 Å². The predicted octanol–water partition coefficient (Wildman–Crippen LogP) is 4.31. The van der Waals surface area contributed by atoms with E-state index >= 15 is 0 Å². The van der Waals surface area contributed by atoms with Crippen LogP contribution in [0.3, 0.4) is 0 Å². The van der Waals surface area contributed by atoms with Crippen molar-refractivity contribution in [1.82, 2.24) is 4.90 Å². The first-order chi connectivity index (χ1) is 12.8. The molecule has 0 unspecified atom stereocenters. The molecular formula is C18H16Cl2FN3O3. The summed E-state index contributed by atoms with van der Waals surface area (Å²) < 4.78 is 14.3. The zero-order chi connectivity index (χ0) is 19.7. The van der Waals surface area contributed by atoms with E-state index in [0.29, 0.717) is 48.0 Å². The van der Waals surface area contributed by atoms with Crippen LogP contribution in [-0.4, -0.2) is 41.9 Å². The molecule has 27 heavy (non-hydrogen) atoms. The zero-order valence-electron chi connectivity index (χ0n) is 14.4. The zero-order valence-corrected chi connectivity index (χ0v) is 15.9. The van der Waals surface area contributed by atoms with Gasteiger partial charge in [-0.2, -0.15) is 0 Å². The van der Waals surface area contributed by atoms with E-state index < -0.39 is 10.7 Å². The van der Waals surface area contributed by atoms with Gasteiger partial charge in [-0.15, -0.1) is 0 Å². The van der Waals surface area contributed by atoms with E-state index in [1.807, 2.05) is 0 Å². The number of rotatable bonds is 3. The van der Waals surface area contributed by atoms with Crippen LogP contribution in [0.4, 0.5) is 15.8 Å². The average molecular weight is 412 g/mol. The topological polar surface area (TPSA) is 66.7 Å². The van der Waals surface area contributed by atoms with E-state index in [-0.39, 0.29) is 16.6 Å². The van der Waals surface area contributed by atoms with Gasteiger partial charge in [-0.05, 0) is 31.2 Å². The predicted molar refractivity (Wildman–Crippen MR) is 102 cm³/mol. The molecule has 0 aromatic heterocycles. The highest BCUT2D eigenvalue weighted by molar-refractivity contribution is 6.36. The summed E-state index contributed by atoms with van der Waals surface area (Å²) in [6.07, 6.45) is 0. The van der Waals surface area contributed by atoms with E-state index in [1.165, 1.54) is 12.1 Å². The molecule has 0 spiro atoms. The van der Waals surface area contributed by atoms with Crippen LogP contribution in [0.5, 0.6) is 0 Å². The molecule has 0 bridgehead atoms. The summed E-state index contributed by atoms with van der Waals surface area (Å²) in [5, 5.41) is 11.7. The summed E-state index contributed by atoms with van der Waals surface area (Å²) in [6.45, 7) is 3.15. The molecule has 0 radical (unpaired) electrons. The van der Waals surface area contributed by atoms with Gasteiger partial charge in [0, 0.05) is 36.8 Å². The molecule has 2 aromatic rings. The number of carbonyl (C=O) groups is 1. The van der Waals surface area contributed by atoms with Crippen molar-refractivity contribution >= 4 is 40.5 Å². The maximum absolute atomic E-state index is 14.3. The highest BCUT2D eigenvalue weighted by Gasteiger charge is 2.26. The van der Waals surface area contributed by atoms with Crippen LogP contribution in [0.15, 0.2) is 30.3 Å². The molecule has 0 atom stereocenters. The quantitative estimate of drug-likeness (QED) is 0.557. The molecule has 142 valence electrons. The second kappa shape index (κ2) is 7.70. The van der Waals surface area contributed by atoms with Crippen molar-refractivity contribution in [3.63, 3.8) is 0 Å². The van der Waals surface area contributed by atoms with Crippen molar-refractivity contribution in [2.75, 3.05) is 31.1 Å². The minimum atomic E-state index is -0.646. The van der Waals surface area contributed by atoms with Gasteiger partial charge in [0.1, 0.15) is 0 Å². The van der Waals surface area contributed by atoms with Gasteiger partial charge in [-0.3, -0.25) is 14.9 Å². The Labute approximate surface area is 165 Å². The lowest BCUT2D eigenvalue weighted by molar-refractivity contribution is -0.385. The third kappa shape index (κ3) is 3.99. The van der Waals surface area contributed by atoms with Crippen molar-refractivity contribution in [1.29, 1.82) is 0 Å². The third-order valence-electron chi connectivity index (χ3n) is 4.53. The summed E-state index contributed by atoms with van der Waals surface area (Å²) in [6, 6.07) is 7.11. The summed E-state index contributed by atoms with van der Waals surface area (Å²) in [7, 11) is 0. The van der Waals surface area contributed by atoms with Crippen molar-refractivity contribution < 1.29 is 14.1 Å². The fourth-order valence-electron chi connectivity index (χ4n) is 3.08. The number of aryl methyl sites for hydroxylation is 1. The van der Waals surface area contributed by atoms with E-state index in [1.54, 1.807) is 28.9 Å². The number of nitro benzene ring substituents is 1. The number of piperazine rings is 1. The second-order valence-electron chi connectivity index (χ2n) is 6.25. The van der Waals surface area contributed by atoms with Gasteiger partial charge >= 0.3 is 0 Å². The van der Waals surface area contributed by atoms with Gasteiger partial charge < -0.3 is 9.80 Å². The van der Waals surface area contributed by atoms with Gasteiger partial charge in [-0.25, -0.2) is 4.39 Å². The molecule has 2 aromatic carbocycles. The summed E-state index contributed by atoms with van der Waals surface area (Å²) in [5.74, 6) is -0.857. The smallest absolute Gasteiger partial charge is 0.275 e. The SMILES string of the molecule is Cc1cc(N2CCN(C(=O)c3ccc(Cl)cc3Cl)CC2)c(F)cc1[N+](=O)[O-]. The van der Waals surface area contributed by atoms with Crippen LogP contribution in [0.1, 0.15) is 15.9 Å². The number of anilines is 1. The first-order valence-corrected chi connectivity index (χ1v) is 8.97. The molecule has 9 heteroatoms. The van der Waals surface area contributed by atoms with Crippen LogP contribution in [0.2, 0.25) is 10.0 Å². The first kappa shape index (κ1) is 19.4. The number of hydrogen-bond acceptors (Lipinski definition) is 4. The maximum Gasteiger partial charge on any atom is 0.275 e. The van der Waals surface area contributed by atoms with Crippen LogP contribution >= 0.6 is 23.2 Å². The minimum Gasteiger partial charge on any atom is -0.366 e. The number of amides is 1. The standard InChI is InChI=1S/C18H16Cl2FN3O3/c1-11-8-17(15(21)10-16(11)24(26)27)22-4-6-23(7-5-22)18(25)13-3-2-12(19)9-14(13)20/h2-3,8-10H,4-7H2,1H3. The van der Waals surface area contributed by atoms with E-state index in [0.717, 1.165) is 6.07 Å². The van der Waals surface area contributed by atoms with Crippen LogP contribution in [0, 0.1) is 22.9 Å². The Morgan fingerprint density at radius 3 is 2.41 bits per heavy atom. The average Bonchev–Trinajstić information content (AvgIpc) is 2.63. The van der Waals surface area contributed by atoms with E-state index in [2.05, 4.69) is 0 Å². The Morgan fingerprint density at radius 1 is 1.15 bits per heavy atom. The third-order valence-corrected chi connectivity index (χ3v) is 5.08. The Bertz CT molecular complexity index is 915. The summed E-state index contributed by atoms with van der Waals surface area (Å²) in [4.78, 5) is 26.4. The Morgan fingerprint density at radius 2 is 1.81 bits per heavy atom. The first-order valence-electron chi connectivity index (χ1n) is 8.21. The number of nitro groups is 1. The summed E-state index contributed by atoms with van der Waals surface area (Å²) >= 11 is 12.0. The maximum atomic E-state index is 14.3. The molecule has 0 N–H and O–H groups in total. The molecular weight excluding hydrogens is 396 g/mol. The monoisotopic (exact) mass is 411 g/mol. The fourth-order valence-corrected chi connectivity index (χ4v) is 3.57. The molecule has 3 rings (SSSR count). The highest BCUT2D eigenvalue weighted by atomic mass is 35.5. The van der Waals surface area contributed by atoms with Crippen molar-refractivity contribution in [3.8, 4) is 0 Å². The van der Waals surface area contributed by atoms with E-state index in [4.69, 9.17) is 23.2 Å². The Balaban J connectivity index is 1.73. The largest absolute Gasteiger partial charge is 0.366 e. The highest BCUT2D eigenvalue weighted by Crippen LogP contribution is 2.29. The lowest BCUT2D eigenvalue weighted by Crippen LogP contribution is -2.49. The summed E-state index contributed by atoms with van der Waals surface area (Å²) in [5.41, 5.74) is 0.812. The molecule has 0 aliphatic carbocycles. The van der Waals surface area contributed by atoms with Crippen LogP contribution < -0.4 is 4.90 Å². The number of halogens is 3. The number of carbonyl (C=O) groups excluding carboxylic acids is 1. The van der Waals surface area contributed by atoms with Gasteiger partial charge in [0.05, 0.1) is 27.3 Å². The normalized spacial score (nSPS) is 14.4. The molecule has 1 fully saturated rings. The molecule has 1 saturated heterocycles. The van der Waals surface area contributed by atoms with Gasteiger partial charge in [0.2, 0.25) is 0 Å². The van der Waals surface area contributed by atoms with Crippen molar-refractivity contribution in [2.24, 2.45) is 0 Å². The van der Waals surface area contributed by atoms with E-state index in [9.17, 15) is 19.3 Å². The Kier molecular flexibility index (Phi) is 5.53. The van der Waals surface area contributed by atoms with Crippen LogP contribution in [0.25, 0.3) is 0 Å². The molecule has 1 amide bonds. The molecule has 1 heterocycles. The van der Waals surface area contributed by atoms with Crippen molar-refractivity contribution in [3.05, 3.63) is 67.4 Å². The minimum absolute atomic E-state index is 0.211. The number of benzene rings is 2. The number of nitrogens with zero attached hydrogens (tertiary/aromatic N) is 3. The lowest BCUT2D eigenvalue weighted by atomic mass is 10.1. The molecule has 0 saturated carbocycles. The fraction of sp³-hybridized carbons (Fsp3) is 0.278. The van der Waals surface area contributed by atoms with Gasteiger partial charge in [0.15, 0.2) is 5.82 Å². The van der Waals surface area contributed by atoms with Gasteiger partial charge in [0.25, 0.3) is 11.6 Å². The molecule has 6 nitrogen and oxygen atoms in total. The molecule has 1 aliphatic rings. The number of hydrogen-bond donors (Lipinski definition) is 0. The Hall–Kier alpha value is -2.38. The van der Waals surface area contributed by atoms with Crippen molar-refractivity contribution in [2.45, 2.75) is 6.92 Å².